The Morgan fingerprint density at radius 3 is 1.67 bits per heavy atom. The fourth-order valence-electron chi connectivity index (χ4n) is 2.62. The Kier molecular flexibility index (Phi) is 18.4. The molecule has 2 rings (SSSR count). The van der Waals surface area contributed by atoms with Crippen LogP contribution in [0.1, 0.15) is 38.7 Å². The lowest BCUT2D eigenvalue weighted by atomic mass is 9.99. The predicted molar refractivity (Wildman–Crippen MR) is 151 cm³/mol. The summed E-state index contributed by atoms with van der Waals surface area (Å²) in [7, 11) is 1.08. The first-order valence-electron chi connectivity index (χ1n) is 11.5. The Balaban J connectivity index is 0.000000650. The van der Waals surface area contributed by atoms with Crippen molar-refractivity contribution in [1.82, 2.24) is 9.97 Å². The first-order valence-corrected chi connectivity index (χ1v) is 13.5. The summed E-state index contributed by atoms with van der Waals surface area (Å²) in [6, 6.07) is 0. The van der Waals surface area contributed by atoms with E-state index >= 15 is 0 Å². The molecule has 0 fully saturated rings. The molecule has 0 spiro atoms. The highest BCUT2D eigenvalue weighted by Gasteiger charge is 2.38. The molecule has 0 aliphatic rings. The first-order chi connectivity index (χ1) is 19.8. The molecule has 0 amide bonds. The molecule has 42 heavy (non-hydrogen) atoms. The number of pyridine rings is 2. The van der Waals surface area contributed by atoms with Crippen molar-refractivity contribution in [1.29, 1.82) is 0 Å². The van der Waals surface area contributed by atoms with Crippen LogP contribution in [0.4, 0.5) is 11.4 Å². The number of methoxy groups -OCH3 is 1. The van der Waals surface area contributed by atoms with Gasteiger partial charge < -0.3 is 18.9 Å². The molecule has 0 aromatic carbocycles. The van der Waals surface area contributed by atoms with E-state index in [2.05, 4.69) is 56.0 Å². The van der Waals surface area contributed by atoms with Crippen LogP contribution in [0.3, 0.4) is 0 Å². The molecule has 0 bridgehead atoms. The third-order valence-corrected chi connectivity index (χ3v) is 6.14. The summed E-state index contributed by atoms with van der Waals surface area (Å²) >= 11 is 11.6. The van der Waals surface area contributed by atoms with Gasteiger partial charge in [-0.15, -0.1) is 0 Å². The van der Waals surface area contributed by atoms with Gasteiger partial charge in [-0.2, -0.15) is 0 Å². The Morgan fingerprint density at radius 1 is 0.810 bits per heavy atom. The van der Waals surface area contributed by atoms with E-state index in [9.17, 15) is 39.4 Å². The Morgan fingerprint density at radius 2 is 1.26 bits per heavy atom. The standard InChI is InChI=1S/C11H11BrN2O6.C7H12O4.C5H2BrClN2O2/c1-3-20-11(16)9(10(15)19-2)8-6(12)4-13-5-7(8)14(17)18;1-3-10-6(8)5-7(9)11-4-2;6-3-1-8-2-4(5(3)7)9(10)11/h4-5,9H,3H2,1-2H3;3-5H2,1-2H3;1-2H. The zero-order valence-corrected chi connectivity index (χ0v) is 26.5. The smallest absolute Gasteiger partial charge is 0.325 e. The van der Waals surface area contributed by atoms with Crippen molar-refractivity contribution in [3.63, 3.8) is 0 Å². The average Bonchev–Trinajstić information content (AvgIpc) is 2.92. The van der Waals surface area contributed by atoms with E-state index < -0.39 is 45.3 Å². The third-order valence-electron chi connectivity index (χ3n) is 4.28. The summed E-state index contributed by atoms with van der Waals surface area (Å²) in [5.41, 5.74) is -0.806. The number of rotatable bonds is 10. The molecular formula is C23H25Br2ClN4O12. The molecule has 0 radical (unpaired) electrons. The second-order valence-electron chi connectivity index (χ2n) is 7.02. The molecule has 0 saturated heterocycles. The van der Waals surface area contributed by atoms with Crippen molar-refractivity contribution in [2.75, 3.05) is 26.9 Å². The average molecular weight is 745 g/mol. The molecule has 19 heteroatoms. The minimum absolute atomic E-state index is 0.0306. The summed E-state index contributed by atoms with van der Waals surface area (Å²) < 4.78 is 18.9. The van der Waals surface area contributed by atoms with Gasteiger partial charge in [-0.1, -0.05) is 11.6 Å². The summed E-state index contributed by atoms with van der Waals surface area (Å²) in [5.74, 6) is -4.48. The Hall–Kier alpha value is -3.77. The van der Waals surface area contributed by atoms with Gasteiger partial charge in [-0.25, -0.2) is 0 Å². The monoisotopic (exact) mass is 742 g/mol. The third kappa shape index (κ3) is 12.8. The number of aromatic nitrogens is 2. The predicted octanol–water partition coefficient (Wildman–Crippen LogP) is 4.48. The van der Waals surface area contributed by atoms with Crippen molar-refractivity contribution in [3.8, 4) is 0 Å². The molecule has 0 saturated carbocycles. The molecule has 1 atom stereocenters. The van der Waals surface area contributed by atoms with Crippen LogP contribution in [-0.4, -0.2) is 70.6 Å². The molecule has 2 aromatic heterocycles. The van der Waals surface area contributed by atoms with E-state index in [1.54, 1.807) is 20.8 Å². The van der Waals surface area contributed by atoms with Gasteiger partial charge in [-0.3, -0.25) is 49.4 Å². The molecule has 2 aromatic rings. The van der Waals surface area contributed by atoms with Gasteiger partial charge in [0.15, 0.2) is 5.92 Å². The lowest BCUT2D eigenvalue weighted by molar-refractivity contribution is -0.386. The van der Waals surface area contributed by atoms with E-state index in [-0.39, 0.29) is 47.0 Å². The number of carbonyl (C=O) groups is 4. The maximum Gasteiger partial charge on any atom is 0.325 e. The molecule has 0 aliphatic carbocycles. The van der Waals surface area contributed by atoms with Gasteiger partial charge in [0.2, 0.25) is 0 Å². The molecule has 230 valence electrons. The van der Waals surface area contributed by atoms with E-state index in [1.165, 1.54) is 12.4 Å². The number of esters is 4. The van der Waals surface area contributed by atoms with Crippen molar-refractivity contribution in [2.45, 2.75) is 33.1 Å². The van der Waals surface area contributed by atoms with Crippen LogP contribution < -0.4 is 0 Å². The van der Waals surface area contributed by atoms with Crippen LogP contribution in [-0.2, 0) is 38.1 Å². The van der Waals surface area contributed by atoms with Gasteiger partial charge in [0, 0.05) is 16.9 Å². The van der Waals surface area contributed by atoms with Gasteiger partial charge in [0.1, 0.15) is 23.8 Å². The SMILES string of the molecule is CCOC(=O)C(C(=O)OC)c1c(Br)cncc1[N+](=O)[O-].CCOC(=O)CC(=O)OCC.O=[N+]([O-])c1cncc(Br)c1Cl. The fraction of sp³-hybridized carbons (Fsp3) is 0.391. The minimum atomic E-state index is -1.54. The van der Waals surface area contributed by atoms with Crippen LogP contribution in [0.5, 0.6) is 0 Å². The normalized spacial score (nSPS) is 10.4. The first kappa shape index (κ1) is 38.2. The number of nitro groups is 2. The molecule has 16 nitrogen and oxygen atoms in total. The van der Waals surface area contributed by atoms with Crippen molar-refractivity contribution >= 4 is 78.7 Å². The zero-order valence-electron chi connectivity index (χ0n) is 22.5. The van der Waals surface area contributed by atoms with Crippen LogP contribution >= 0.6 is 43.5 Å². The van der Waals surface area contributed by atoms with Gasteiger partial charge in [-0.05, 0) is 52.6 Å². The van der Waals surface area contributed by atoms with E-state index in [0.717, 1.165) is 19.5 Å². The fourth-order valence-corrected chi connectivity index (χ4v) is 3.66. The number of hydrogen-bond donors (Lipinski definition) is 0. The second kappa shape index (κ2) is 20.2. The molecule has 2 heterocycles. The second-order valence-corrected chi connectivity index (χ2v) is 9.10. The Labute approximate surface area is 260 Å². The topological polar surface area (TPSA) is 217 Å². The zero-order chi connectivity index (χ0) is 32.4. The summed E-state index contributed by atoms with van der Waals surface area (Å²) in [5, 5.41) is 21.3. The van der Waals surface area contributed by atoms with Crippen LogP contribution in [0.15, 0.2) is 33.7 Å². The molecular weight excluding hydrogens is 720 g/mol. The van der Waals surface area contributed by atoms with Crippen LogP contribution in [0, 0.1) is 20.2 Å². The highest BCUT2D eigenvalue weighted by Crippen LogP contribution is 2.34. The van der Waals surface area contributed by atoms with Crippen molar-refractivity contribution < 1.29 is 48.0 Å². The summed E-state index contributed by atoms with van der Waals surface area (Å²) in [4.78, 5) is 72.0. The highest BCUT2D eigenvalue weighted by atomic mass is 79.9. The number of ether oxygens (including phenoxy) is 4. The van der Waals surface area contributed by atoms with Gasteiger partial charge in [0.25, 0.3) is 5.69 Å². The summed E-state index contributed by atoms with van der Waals surface area (Å²) in [6.07, 6.45) is 4.41. The van der Waals surface area contributed by atoms with E-state index in [0.29, 0.717) is 4.47 Å². The summed E-state index contributed by atoms with van der Waals surface area (Å²) in [6.45, 7) is 5.54. The number of halogens is 3. The molecule has 1 unspecified atom stereocenters. The van der Waals surface area contributed by atoms with E-state index in [4.69, 9.17) is 16.3 Å². The highest BCUT2D eigenvalue weighted by molar-refractivity contribution is 9.10. The quantitative estimate of drug-likeness (QED) is 0.108. The lowest BCUT2D eigenvalue weighted by Crippen LogP contribution is -2.26. The van der Waals surface area contributed by atoms with Crippen LogP contribution in [0.25, 0.3) is 0 Å². The Bertz CT molecular complexity index is 1270. The van der Waals surface area contributed by atoms with Gasteiger partial charge in [0.05, 0.1) is 46.8 Å². The maximum atomic E-state index is 11.9. The lowest BCUT2D eigenvalue weighted by Gasteiger charge is -2.14. The minimum Gasteiger partial charge on any atom is -0.468 e. The molecule has 0 N–H and O–H groups in total. The number of hydrogen-bond acceptors (Lipinski definition) is 14. The van der Waals surface area contributed by atoms with Crippen molar-refractivity contribution in [3.05, 3.63) is 64.5 Å². The largest absolute Gasteiger partial charge is 0.468 e. The molecule has 0 aliphatic heterocycles. The van der Waals surface area contributed by atoms with Gasteiger partial charge >= 0.3 is 29.6 Å². The van der Waals surface area contributed by atoms with E-state index in [1.807, 2.05) is 0 Å². The van der Waals surface area contributed by atoms with Crippen LogP contribution in [0.2, 0.25) is 5.02 Å². The number of carbonyl (C=O) groups excluding carboxylic acids is 4. The maximum absolute atomic E-state index is 11.9. The van der Waals surface area contributed by atoms with Crippen molar-refractivity contribution in [2.24, 2.45) is 0 Å². The number of nitrogens with zero attached hydrogens (tertiary/aromatic N) is 4.